The molecule has 0 radical (unpaired) electrons. The van der Waals surface area contributed by atoms with Crippen LogP contribution >= 0.6 is 0 Å². The second kappa shape index (κ2) is 7.98. The topological polar surface area (TPSA) is 38.8 Å². The maximum absolute atomic E-state index is 12.8. The summed E-state index contributed by atoms with van der Waals surface area (Å²) in [5.41, 5.74) is 0. The lowest BCUT2D eigenvalue weighted by atomic mass is 9.99. The Morgan fingerprint density at radius 3 is 2.86 bits per heavy atom. The molecule has 21 heavy (non-hydrogen) atoms. The third kappa shape index (κ3) is 5.01. The van der Waals surface area contributed by atoms with Crippen LogP contribution in [-0.2, 0) is 9.53 Å². The van der Waals surface area contributed by atoms with Crippen LogP contribution in [0.2, 0.25) is 0 Å². The van der Waals surface area contributed by atoms with Gasteiger partial charge in [-0.2, -0.15) is 0 Å². The van der Waals surface area contributed by atoms with Gasteiger partial charge in [-0.15, -0.1) is 0 Å². The molecule has 1 amide bonds. The molecule has 0 N–H and O–H groups in total. The molecule has 0 unspecified atom stereocenters. The van der Waals surface area contributed by atoms with Crippen LogP contribution in [-0.4, -0.2) is 43.7 Å². The molecular formula is C16H22FNO3. The molecule has 1 aliphatic heterocycles. The van der Waals surface area contributed by atoms with Gasteiger partial charge < -0.3 is 14.4 Å². The van der Waals surface area contributed by atoms with Crippen molar-refractivity contribution >= 4 is 5.91 Å². The molecule has 1 aromatic rings. The zero-order chi connectivity index (χ0) is 15.1. The summed E-state index contributed by atoms with van der Waals surface area (Å²) in [6.07, 6.45) is 2.02. The maximum atomic E-state index is 12.8. The van der Waals surface area contributed by atoms with Gasteiger partial charge in [0.15, 0.2) is 0 Å². The standard InChI is InChI=1S/C16H22FNO3/c1-2-20-12-16(19)18-9-3-4-13(10-18)11-21-15-7-5-14(17)6-8-15/h5-8,13H,2-4,9-12H2,1H3/t13-/m0/s1. The predicted molar refractivity (Wildman–Crippen MR) is 77.7 cm³/mol. The molecule has 0 spiro atoms. The lowest BCUT2D eigenvalue weighted by Crippen LogP contribution is -2.43. The van der Waals surface area contributed by atoms with Crippen LogP contribution in [0.5, 0.6) is 5.75 Å². The summed E-state index contributed by atoms with van der Waals surface area (Å²) >= 11 is 0. The van der Waals surface area contributed by atoms with Crippen LogP contribution in [0.4, 0.5) is 4.39 Å². The van der Waals surface area contributed by atoms with Crippen LogP contribution in [0.15, 0.2) is 24.3 Å². The Balaban J connectivity index is 1.78. The van der Waals surface area contributed by atoms with Crippen molar-refractivity contribution in [1.82, 2.24) is 4.90 Å². The van der Waals surface area contributed by atoms with E-state index in [2.05, 4.69) is 0 Å². The Morgan fingerprint density at radius 2 is 2.14 bits per heavy atom. The average Bonchev–Trinajstić information content (AvgIpc) is 2.52. The smallest absolute Gasteiger partial charge is 0.248 e. The minimum atomic E-state index is -0.271. The number of hydrogen-bond acceptors (Lipinski definition) is 3. The largest absolute Gasteiger partial charge is 0.493 e. The molecule has 0 saturated carbocycles. The first-order valence-electron chi connectivity index (χ1n) is 7.43. The number of rotatable bonds is 6. The van der Waals surface area contributed by atoms with E-state index in [9.17, 15) is 9.18 Å². The summed E-state index contributed by atoms with van der Waals surface area (Å²) in [6, 6.07) is 6.01. The Hall–Kier alpha value is -1.62. The average molecular weight is 295 g/mol. The fraction of sp³-hybridized carbons (Fsp3) is 0.562. The monoisotopic (exact) mass is 295 g/mol. The molecule has 1 heterocycles. The fourth-order valence-corrected chi connectivity index (χ4v) is 2.45. The summed E-state index contributed by atoms with van der Waals surface area (Å²) in [5, 5.41) is 0. The highest BCUT2D eigenvalue weighted by Gasteiger charge is 2.24. The van der Waals surface area contributed by atoms with E-state index in [4.69, 9.17) is 9.47 Å². The molecule has 2 rings (SSSR count). The molecule has 0 bridgehead atoms. The van der Waals surface area contributed by atoms with Crippen LogP contribution < -0.4 is 4.74 Å². The maximum Gasteiger partial charge on any atom is 0.248 e. The Morgan fingerprint density at radius 1 is 1.38 bits per heavy atom. The first kappa shape index (κ1) is 15.8. The lowest BCUT2D eigenvalue weighted by Gasteiger charge is -2.32. The van der Waals surface area contributed by atoms with Gasteiger partial charge in [0.2, 0.25) is 5.91 Å². The van der Waals surface area contributed by atoms with Gasteiger partial charge in [-0.3, -0.25) is 4.79 Å². The van der Waals surface area contributed by atoms with Crippen molar-refractivity contribution in [2.75, 3.05) is 32.9 Å². The molecule has 1 aliphatic rings. The van der Waals surface area contributed by atoms with Crippen molar-refractivity contribution in [2.24, 2.45) is 5.92 Å². The van der Waals surface area contributed by atoms with E-state index in [1.165, 1.54) is 12.1 Å². The molecule has 4 nitrogen and oxygen atoms in total. The summed E-state index contributed by atoms with van der Waals surface area (Å²) in [5.74, 6) is 0.750. The van der Waals surface area contributed by atoms with Crippen molar-refractivity contribution < 1.29 is 18.7 Å². The minimum absolute atomic E-state index is 0.0448. The molecule has 116 valence electrons. The molecule has 0 aromatic heterocycles. The first-order valence-corrected chi connectivity index (χ1v) is 7.43. The number of likely N-dealkylation sites (tertiary alicyclic amines) is 1. The van der Waals surface area contributed by atoms with Crippen molar-refractivity contribution in [3.8, 4) is 5.75 Å². The Labute approximate surface area is 124 Å². The second-order valence-electron chi connectivity index (χ2n) is 5.25. The van der Waals surface area contributed by atoms with Gasteiger partial charge in [-0.05, 0) is 44.0 Å². The van der Waals surface area contributed by atoms with E-state index in [1.54, 1.807) is 12.1 Å². The Bertz CT molecular complexity index is 449. The van der Waals surface area contributed by atoms with E-state index in [0.29, 0.717) is 31.4 Å². The summed E-state index contributed by atoms with van der Waals surface area (Å²) in [4.78, 5) is 13.8. The fourth-order valence-electron chi connectivity index (χ4n) is 2.45. The van der Waals surface area contributed by atoms with Crippen molar-refractivity contribution in [3.63, 3.8) is 0 Å². The number of halogens is 1. The van der Waals surface area contributed by atoms with Crippen LogP contribution in [0.3, 0.4) is 0 Å². The highest BCUT2D eigenvalue weighted by molar-refractivity contribution is 5.77. The lowest BCUT2D eigenvalue weighted by molar-refractivity contribution is -0.138. The SMILES string of the molecule is CCOCC(=O)N1CCC[C@H](COc2ccc(F)cc2)C1. The van der Waals surface area contributed by atoms with Gasteiger partial charge in [0.1, 0.15) is 18.2 Å². The zero-order valence-corrected chi connectivity index (χ0v) is 12.4. The third-order valence-corrected chi connectivity index (χ3v) is 3.60. The summed E-state index contributed by atoms with van der Waals surface area (Å²) < 4.78 is 23.7. The van der Waals surface area contributed by atoms with Crippen molar-refractivity contribution in [3.05, 3.63) is 30.1 Å². The molecule has 1 saturated heterocycles. The van der Waals surface area contributed by atoms with E-state index in [0.717, 1.165) is 19.4 Å². The van der Waals surface area contributed by atoms with Gasteiger partial charge >= 0.3 is 0 Å². The predicted octanol–water partition coefficient (Wildman–Crippen LogP) is 2.48. The first-order chi connectivity index (χ1) is 10.2. The second-order valence-corrected chi connectivity index (χ2v) is 5.25. The number of carbonyl (C=O) groups excluding carboxylic acids is 1. The van der Waals surface area contributed by atoms with Gasteiger partial charge in [-0.25, -0.2) is 4.39 Å². The molecule has 1 atom stereocenters. The highest BCUT2D eigenvalue weighted by Crippen LogP contribution is 2.19. The number of nitrogens with zero attached hydrogens (tertiary/aromatic N) is 1. The molecular weight excluding hydrogens is 273 g/mol. The number of amides is 1. The van der Waals surface area contributed by atoms with Crippen molar-refractivity contribution in [1.29, 1.82) is 0 Å². The van der Waals surface area contributed by atoms with Gasteiger partial charge in [0.25, 0.3) is 0 Å². The Kier molecular flexibility index (Phi) is 5.99. The van der Waals surface area contributed by atoms with Gasteiger partial charge in [-0.1, -0.05) is 0 Å². The quantitative estimate of drug-likeness (QED) is 0.809. The number of benzene rings is 1. The van der Waals surface area contributed by atoms with Gasteiger partial charge in [0, 0.05) is 25.6 Å². The van der Waals surface area contributed by atoms with E-state index >= 15 is 0 Å². The third-order valence-electron chi connectivity index (χ3n) is 3.60. The van der Waals surface area contributed by atoms with Crippen LogP contribution in [0.25, 0.3) is 0 Å². The van der Waals surface area contributed by atoms with E-state index < -0.39 is 0 Å². The molecule has 5 heteroatoms. The summed E-state index contributed by atoms with van der Waals surface area (Å²) in [7, 11) is 0. The zero-order valence-electron chi connectivity index (χ0n) is 12.4. The molecule has 1 fully saturated rings. The van der Waals surface area contributed by atoms with Crippen LogP contribution in [0, 0.1) is 11.7 Å². The molecule has 1 aromatic carbocycles. The molecule has 0 aliphatic carbocycles. The van der Waals surface area contributed by atoms with Crippen LogP contribution in [0.1, 0.15) is 19.8 Å². The van der Waals surface area contributed by atoms with Gasteiger partial charge in [0.05, 0.1) is 6.61 Å². The number of piperidine rings is 1. The number of ether oxygens (including phenoxy) is 2. The minimum Gasteiger partial charge on any atom is -0.493 e. The van der Waals surface area contributed by atoms with E-state index in [-0.39, 0.29) is 18.3 Å². The normalized spacial score (nSPS) is 18.6. The van der Waals surface area contributed by atoms with E-state index in [1.807, 2.05) is 11.8 Å². The number of hydrogen-bond donors (Lipinski definition) is 0. The summed E-state index contributed by atoms with van der Waals surface area (Å²) in [6.45, 7) is 4.62. The highest BCUT2D eigenvalue weighted by atomic mass is 19.1. The number of carbonyl (C=O) groups is 1. The van der Waals surface area contributed by atoms with Crippen molar-refractivity contribution in [2.45, 2.75) is 19.8 Å².